The lowest BCUT2D eigenvalue weighted by Gasteiger charge is -2.35. The van der Waals surface area contributed by atoms with Crippen LogP contribution in [0.4, 0.5) is 34.1 Å². The van der Waals surface area contributed by atoms with Crippen molar-refractivity contribution in [3.05, 3.63) is 277 Å². The molecule has 0 aliphatic heterocycles. The van der Waals surface area contributed by atoms with Crippen LogP contribution in [0, 0.1) is 0 Å². The number of anilines is 6. The number of thiophene rings is 1. The molecule has 0 amide bonds. The average Bonchev–Trinajstić information content (AvgIpc) is 3.93. The van der Waals surface area contributed by atoms with Crippen molar-refractivity contribution in [3.8, 4) is 22.3 Å². The highest BCUT2D eigenvalue weighted by atomic mass is 32.1. The first-order valence-electron chi connectivity index (χ1n) is 24.0. The molecule has 1 aliphatic rings. The van der Waals surface area contributed by atoms with E-state index in [1.807, 2.05) is 78.9 Å². The van der Waals surface area contributed by atoms with E-state index < -0.39 is 11.5 Å². The van der Waals surface area contributed by atoms with Gasteiger partial charge >= 0.3 is 0 Å². The summed E-state index contributed by atoms with van der Waals surface area (Å²) in [5.41, 5.74) is 11.2. The normalized spacial score (nSPS) is 15.1. The number of hydrogen-bond acceptors (Lipinski definition) is 3. The van der Waals surface area contributed by atoms with Crippen molar-refractivity contribution in [3.63, 3.8) is 0 Å². The van der Waals surface area contributed by atoms with Crippen LogP contribution in [0.3, 0.4) is 0 Å². The van der Waals surface area contributed by atoms with E-state index in [0.29, 0.717) is 0 Å². The molecule has 0 fully saturated rings. The number of rotatable bonds is 9. The van der Waals surface area contributed by atoms with Crippen molar-refractivity contribution in [1.82, 2.24) is 0 Å². The second kappa shape index (κ2) is 15.7. The summed E-state index contributed by atoms with van der Waals surface area (Å²) < 4.78 is 49.1. The fourth-order valence-electron chi connectivity index (χ4n) is 9.87. The van der Waals surface area contributed by atoms with Gasteiger partial charge in [0.1, 0.15) is 0 Å². The second-order valence-electron chi connectivity index (χ2n) is 16.1. The van der Waals surface area contributed by atoms with Gasteiger partial charge < -0.3 is 9.80 Å². The first kappa shape index (κ1) is 32.7. The Bertz CT molecular complexity index is 3660. The zero-order valence-electron chi connectivity index (χ0n) is 39.7. The van der Waals surface area contributed by atoms with E-state index in [4.69, 9.17) is 1.37 Å². The molecule has 1 unspecified atom stereocenters. The molecular formula is C61H42N2S. The summed E-state index contributed by atoms with van der Waals surface area (Å²) in [6, 6.07) is 75.9. The van der Waals surface area contributed by atoms with Crippen molar-refractivity contribution >= 4 is 65.6 Å². The zero-order chi connectivity index (χ0) is 46.8. The molecule has 0 spiro atoms. The molecule has 0 radical (unpaired) electrons. The monoisotopic (exact) mass is 839 g/mol. The molecule has 0 saturated carbocycles. The van der Waals surface area contributed by atoms with Crippen LogP contribution < -0.4 is 9.80 Å². The summed E-state index contributed by atoms with van der Waals surface area (Å²) in [6.07, 6.45) is 0. The highest BCUT2D eigenvalue weighted by molar-refractivity contribution is 7.25. The number of fused-ring (bicyclic) bond motifs is 6. The first-order chi connectivity index (χ1) is 33.8. The zero-order valence-corrected chi connectivity index (χ0v) is 35.5. The summed E-state index contributed by atoms with van der Waals surface area (Å²) in [7, 11) is 0. The van der Waals surface area contributed by atoms with Crippen molar-refractivity contribution < 1.29 is 6.85 Å². The smallest absolute Gasteiger partial charge is 0.0720 e. The minimum absolute atomic E-state index is 0.219. The second-order valence-corrected chi connectivity index (χ2v) is 17.2. The molecule has 1 atom stereocenters. The van der Waals surface area contributed by atoms with E-state index in [-0.39, 0.29) is 29.7 Å². The summed E-state index contributed by atoms with van der Waals surface area (Å²) in [5, 5.41) is 2.05. The highest BCUT2D eigenvalue weighted by Crippen LogP contribution is 2.60. The van der Waals surface area contributed by atoms with Crippen LogP contribution in [0.25, 0.3) is 42.4 Å². The Kier molecular flexibility index (Phi) is 8.04. The quantitative estimate of drug-likeness (QED) is 0.143. The molecule has 12 rings (SSSR count). The molecule has 302 valence electrons. The van der Waals surface area contributed by atoms with Gasteiger partial charge in [-0.1, -0.05) is 170 Å². The van der Waals surface area contributed by atoms with Crippen LogP contribution in [-0.2, 0) is 5.41 Å². The number of nitrogens with zero attached hydrogens (tertiary/aromatic N) is 2. The predicted molar refractivity (Wildman–Crippen MR) is 271 cm³/mol. The minimum Gasteiger partial charge on any atom is -0.310 e. The summed E-state index contributed by atoms with van der Waals surface area (Å²) in [5.74, 6) is 0. The van der Waals surface area contributed by atoms with Crippen LogP contribution in [0.1, 0.15) is 29.1 Å². The highest BCUT2D eigenvalue weighted by Gasteiger charge is 2.48. The van der Waals surface area contributed by atoms with E-state index >= 15 is 0 Å². The molecule has 0 N–H and O–H groups in total. The predicted octanol–water partition coefficient (Wildman–Crippen LogP) is 17.0. The number of para-hydroxylation sites is 3. The van der Waals surface area contributed by atoms with Gasteiger partial charge in [0.25, 0.3) is 0 Å². The summed E-state index contributed by atoms with van der Waals surface area (Å²) >= 11 is 1.70. The van der Waals surface area contributed by atoms with Crippen LogP contribution in [0.2, 0.25) is 0 Å². The Morgan fingerprint density at radius 3 is 1.38 bits per heavy atom. The van der Waals surface area contributed by atoms with Crippen molar-refractivity contribution in [1.29, 1.82) is 0 Å². The van der Waals surface area contributed by atoms with E-state index in [1.54, 1.807) is 11.3 Å². The van der Waals surface area contributed by atoms with E-state index in [2.05, 4.69) is 155 Å². The van der Waals surface area contributed by atoms with Crippen LogP contribution in [0.15, 0.2) is 255 Å². The summed E-state index contributed by atoms with van der Waals surface area (Å²) in [4.78, 5) is 4.50. The Labute approximate surface area is 385 Å². The van der Waals surface area contributed by atoms with Gasteiger partial charge in [0, 0.05) is 54.3 Å². The molecule has 10 aromatic carbocycles. The van der Waals surface area contributed by atoms with Gasteiger partial charge in [0.2, 0.25) is 0 Å². The first-order valence-corrected chi connectivity index (χ1v) is 22.3. The standard InChI is InChI=1S/C61H42N2S/c1-6-19-43(20-7-1)44-33-35-49(36-34-44)63(48-27-14-5-15-28-48)51-38-40-56-54(42-51)53-41-50(62(46-23-10-3-11-24-46)47-25-12-4-13-26-47)37-39-55(53)61(56,45-21-8-2-9-22-45)57-30-18-32-59-60(57)52-29-16-17-31-58(52)64-59/h1-42H/i2D,8D,9D,21D,22D. The fourth-order valence-corrected chi connectivity index (χ4v) is 11.0. The molecule has 1 aromatic heterocycles. The Morgan fingerprint density at radius 2 is 0.812 bits per heavy atom. The van der Waals surface area contributed by atoms with Crippen LogP contribution in [-0.4, -0.2) is 0 Å². The summed E-state index contributed by atoms with van der Waals surface area (Å²) in [6.45, 7) is 0. The third-order valence-corrected chi connectivity index (χ3v) is 13.7. The SMILES string of the molecule is [2H]c1c([2H])c([2H])c(C2(c3cccc4sc5ccccc5c34)c3ccc(N(c4ccccc4)c4ccccc4)cc3-c3cc(N(c4ccccc4)c4ccc(-c5ccccc5)cc4)ccc32)c([2H])c1[2H]. The molecule has 2 nitrogen and oxygen atoms in total. The van der Waals surface area contributed by atoms with Gasteiger partial charge in [0.05, 0.1) is 12.3 Å². The van der Waals surface area contributed by atoms with Crippen LogP contribution >= 0.6 is 11.3 Å². The van der Waals surface area contributed by atoms with Gasteiger partial charge in [-0.15, -0.1) is 11.3 Å². The van der Waals surface area contributed by atoms with Crippen molar-refractivity contribution in [2.24, 2.45) is 0 Å². The van der Waals surface area contributed by atoms with E-state index in [9.17, 15) is 5.48 Å². The third kappa shape index (κ3) is 6.16. The molecule has 1 heterocycles. The van der Waals surface area contributed by atoms with Crippen LogP contribution in [0.5, 0.6) is 0 Å². The lowest BCUT2D eigenvalue weighted by molar-refractivity contribution is 0.777. The number of benzene rings is 10. The molecular weight excluding hydrogens is 793 g/mol. The molecule has 64 heavy (non-hydrogen) atoms. The lowest BCUT2D eigenvalue weighted by atomic mass is 9.66. The largest absolute Gasteiger partial charge is 0.310 e. The van der Waals surface area contributed by atoms with E-state index in [1.165, 1.54) is 0 Å². The molecule has 11 aromatic rings. The molecule has 0 saturated heterocycles. The maximum Gasteiger partial charge on any atom is 0.0720 e. The third-order valence-electron chi connectivity index (χ3n) is 12.6. The van der Waals surface area contributed by atoms with Gasteiger partial charge in [0.15, 0.2) is 0 Å². The Morgan fingerprint density at radius 1 is 0.359 bits per heavy atom. The Balaban J connectivity index is 1.20. The minimum atomic E-state index is -1.36. The van der Waals surface area contributed by atoms with Gasteiger partial charge in [-0.05, 0) is 129 Å². The maximum absolute atomic E-state index is 9.85. The number of hydrogen-bond donors (Lipinski definition) is 0. The molecule has 0 bridgehead atoms. The lowest BCUT2D eigenvalue weighted by Crippen LogP contribution is -2.29. The topological polar surface area (TPSA) is 6.48 Å². The van der Waals surface area contributed by atoms with Gasteiger partial charge in [-0.3, -0.25) is 0 Å². The average molecular weight is 840 g/mol. The molecule has 3 heteroatoms. The Hall–Kier alpha value is -7.98. The van der Waals surface area contributed by atoms with Crippen molar-refractivity contribution in [2.45, 2.75) is 5.41 Å². The van der Waals surface area contributed by atoms with Crippen molar-refractivity contribution in [2.75, 3.05) is 9.80 Å². The van der Waals surface area contributed by atoms with Gasteiger partial charge in [-0.2, -0.15) is 0 Å². The van der Waals surface area contributed by atoms with E-state index in [0.717, 1.165) is 93.2 Å². The molecule has 1 aliphatic carbocycles. The van der Waals surface area contributed by atoms with Gasteiger partial charge in [-0.25, -0.2) is 0 Å². The fraction of sp³-hybridized carbons (Fsp3) is 0.0164. The maximum atomic E-state index is 9.85.